The fourth-order valence-electron chi connectivity index (χ4n) is 2.59. The van der Waals surface area contributed by atoms with Crippen LogP contribution in [0.15, 0.2) is 24.4 Å². The smallest absolute Gasteiger partial charge is 0.270 e. The highest BCUT2D eigenvalue weighted by molar-refractivity contribution is 5.97. The summed E-state index contributed by atoms with van der Waals surface area (Å²) in [5.74, 6) is 0.0139. The zero-order valence-electron chi connectivity index (χ0n) is 11.1. The van der Waals surface area contributed by atoms with Crippen LogP contribution in [0.4, 0.5) is 0 Å². The molecule has 2 atom stereocenters. The minimum atomic E-state index is 0.0139. The number of aromatic nitrogens is 2. The Morgan fingerprint density at radius 1 is 1.42 bits per heavy atom. The monoisotopic (exact) mass is 259 g/mol. The highest BCUT2D eigenvalue weighted by atomic mass is 16.5. The van der Waals surface area contributed by atoms with Gasteiger partial charge in [0, 0.05) is 19.3 Å². The Bertz CT molecular complexity index is 565. The van der Waals surface area contributed by atoms with Crippen molar-refractivity contribution in [3.63, 3.8) is 0 Å². The largest absolute Gasteiger partial charge is 0.372 e. The van der Waals surface area contributed by atoms with Crippen LogP contribution in [0.2, 0.25) is 0 Å². The molecule has 100 valence electrons. The van der Waals surface area contributed by atoms with Crippen molar-refractivity contribution in [2.45, 2.75) is 26.1 Å². The van der Waals surface area contributed by atoms with E-state index < -0.39 is 0 Å². The molecule has 0 aromatic carbocycles. The van der Waals surface area contributed by atoms with E-state index in [4.69, 9.17) is 4.74 Å². The molecule has 1 saturated heterocycles. The van der Waals surface area contributed by atoms with Crippen molar-refractivity contribution in [2.75, 3.05) is 13.1 Å². The summed E-state index contributed by atoms with van der Waals surface area (Å²) >= 11 is 0. The van der Waals surface area contributed by atoms with Gasteiger partial charge in [0.1, 0.15) is 5.69 Å². The number of pyridine rings is 1. The number of fused-ring (bicyclic) bond motifs is 1. The van der Waals surface area contributed by atoms with Gasteiger partial charge in [0.25, 0.3) is 5.91 Å². The lowest BCUT2D eigenvalue weighted by Crippen LogP contribution is -2.48. The second kappa shape index (κ2) is 4.66. The summed E-state index contributed by atoms with van der Waals surface area (Å²) in [5.41, 5.74) is 2.30. The van der Waals surface area contributed by atoms with Gasteiger partial charge in [0.2, 0.25) is 0 Å². The summed E-state index contributed by atoms with van der Waals surface area (Å²) in [6.07, 6.45) is 1.88. The van der Waals surface area contributed by atoms with Crippen molar-refractivity contribution < 1.29 is 9.53 Å². The predicted octanol–water partition coefficient (Wildman–Crippen LogP) is 1.81. The third-order valence-corrected chi connectivity index (χ3v) is 3.33. The average Bonchev–Trinajstić information content (AvgIpc) is 2.80. The van der Waals surface area contributed by atoms with E-state index in [0.717, 1.165) is 11.0 Å². The van der Waals surface area contributed by atoms with E-state index in [-0.39, 0.29) is 18.1 Å². The maximum Gasteiger partial charge on any atom is 0.270 e. The minimum Gasteiger partial charge on any atom is -0.372 e. The lowest BCUT2D eigenvalue weighted by Gasteiger charge is -2.35. The van der Waals surface area contributed by atoms with E-state index in [9.17, 15) is 4.79 Å². The molecule has 1 aliphatic rings. The first kappa shape index (κ1) is 12.2. The first-order valence-corrected chi connectivity index (χ1v) is 6.52. The zero-order valence-corrected chi connectivity index (χ0v) is 11.1. The highest BCUT2D eigenvalue weighted by Crippen LogP contribution is 2.17. The van der Waals surface area contributed by atoms with E-state index in [2.05, 4.69) is 9.97 Å². The molecular weight excluding hydrogens is 242 g/mol. The summed E-state index contributed by atoms with van der Waals surface area (Å²) < 4.78 is 5.64. The van der Waals surface area contributed by atoms with Crippen LogP contribution in [0.25, 0.3) is 11.0 Å². The zero-order chi connectivity index (χ0) is 13.4. The molecule has 1 N–H and O–H groups in total. The Morgan fingerprint density at radius 2 is 2.16 bits per heavy atom. The first-order chi connectivity index (χ1) is 9.13. The van der Waals surface area contributed by atoms with Gasteiger partial charge in [0.05, 0.1) is 23.2 Å². The summed E-state index contributed by atoms with van der Waals surface area (Å²) in [7, 11) is 0. The standard InChI is InChI=1S/C14H17N3O2/c1-9-7-17(8-10(2)19-9)14(18)13-6-12-11(16-13)4-3-5-15-12/h3-6,9-10,16H,7-8H2,1-2H3. The van der Waals surface area contributed by atoms with Gasteiger partial charge in [-0.15, -0.1) is 0 Å². The topological polar surface area (TPSA) is 58.2 Å². The molecule has 3 heterocycles. The van der Waals surface area contributed by atoms with Gasteiger partial charge in [-0.2, -0.15) is 0 Å². The number of nitrogens with zero attached hydrogens (tertiary/aromatic N) is 2. The summed E-state index contributed by atoms with van der Waals surface area (Å²) in [4.78, 5) is 21.7. The maximum atomic E-state index is 12.5. The molecule has 2 aromatic heterocycles. The Morgan fingerprint density at radius 3 is 2.84 bits per heavy atom. The Hall–Kier alpha value is -1.88. The molecule has 2 unspecified atom stereocenters. The van der Waals surface area contributed by atoms with E-state index >= 15 is 0 Å². The molecule has 0 saturated carbocycles. The van der Waals surface area contributed by atoms with Crippen molar-refractivity contribution in [1.82, 2.24) is 14.9 Å². The van der Waals surface area contributed by atoms with E-state index in [1.54, 1.807) is 6.20 Å². The summed E-state index contributed by atoms with van der Waals surface area (Å²) in [6.45, 7) is 5.24. The van der Waals surface area contributed by atoms with Gasteiger partial charge in [-0.05, 0) is 32.0 Å². The molecule has 19 heavy (non-hydrogen) atoms. The van der Waals surface area contributed by atoms with Crippen LogP contribution in [0, 0.1) is 0 Å². The fourth-order valence-corrected chi connectivity index (χ4v) is 2.59. The number of hydrogen-bond acceptors (Lipinski definition) is 3. The van der Waals surface area contributed by atoms with E-state index in [0.29, 0.717) is 18.8 Å². The number of carbonyl (C=O) groups is 1. The summed E-state index contributed by atoms with van der Waals surface area (Å²) in [5, 5.41) is 0. The lowest BCUT2D eigenvalue weighted by atomic mass is 10.2. The van der Waals surface area contributed by atoms with E-state index in [1.165, 1.54) is 0 Å². The molecule has 5 heteroatoms. The number of ether oxygens (including phenoxy) is 1. The van der Waals surface area contributed by atoms with Gasteiger partial charge in [-0.25, -0.2) is 0 Å². The Balaban J connectivity index is 1.86. The molecule has 0 radical (unpaired) electrons. The number of rotatable bonds is 1. The number of H-pyrrole nitrogens is 1. The van der Waals surface area contributed by atoms with Crippen molar-refractivity contribution >= 4 is 16.9 Å². The second-order valence-corrected chi connectivity index (χ2v) is 5.09. The van der Waals surface area contributed by atoms with Crippen LogP contribution in [0.1, 0.15) is 24.3 Å². The van der Waals surface area contributed by atoms with Crippen LogP contribution in [0.5, 0.6) is 0 Å². The molecule has 3 rings (SSSR count). The van der Waals surface area contributed by atoms with Gasteiger partial charge in [-0.1, -0.05) is 0 Å². The van der Waals surface area contributed by atoms with Crippen molar-refractivity contribution in [3.05, 3.63) is 30.1 Å². The predicted molar refractivity (Wildman–Crippen MR) is 72.0 cm³/mol. The Labute approximate surface area is 111 Å². The molecule has 1 aliphatic heterocycles. The number of aromatic amines is 1. The molecular formula is C14H17N3O2. The number of amides is 1. The lowest BCUT2D eigenvalue weighted by molar-refractivity contribution is -0.0587. The molecule has 2 aromatic rings. The SMILES string of the molecule is CC1CN(C(=O)c2cc3ncccc3[nH]2)CC(C)O1. The molecule has 5 nitrogen and oxygen atoms in total. The molecule has 0 bridgehead atoms. The van der Waals surface area contributed by atoms with Gasteiger partial charge in [-0.3, -0.25) is 9.78 Å². The van der Waals surface area contributed by atoms with Crippen LogP contribution >= 0.6 is 0 Å². The maximum absolute atomic E-state index is 12.5. The average molecular weight is 259 g/mol. The fraction of sp³-hybridized carbons (Fsp3) is 0.429. The third-order valence-electron chi connectivity index (χ3n) is 3.33. The van der Waals surface area contributed by atoms with Crippen LogP contribution in [-0.2, 0) is 4.74 Å². The minimum absolute atomic E-state index is 0.0139. The van der Waals surface area contributed by atoms with Crippen molar-refractivity contribution in [1.29, 1.82) is 0 Å². The van der Waals surface area contributed by atoms with Crippen molar-refractivity contribution in [2.24, 2.45) is 0 Å². The van der Waals surface area contributed by atoms with Crippen LogP contribution in [0.3, 0.4) is 0 Å². The van der Waals surface area contributed by atoms with Gasteiger partial charge >= 0.3 is 0 Å². The van der Waals surface area contributed by atoms with E-state index in [1.807, 2.05) is 36.9 Å². The molecule has 0 aliphatic carbocycles. The van der Waals surface area contributed by atoms with Gasteiger partial charge in [0.15, 0.2) is 0 Å². The van der Waals surface area contributed by atoms with Gasteiger partial charge < -0.3 is 14.6 Å². The number of morpholine rings is 1. The van der Waals surface area contributed by atoms with Crippen LogP contribution in [-0.4, -0.2) is 46.1 Å². The highest BCUT2D eigenvalue weighted by Gasteiger charge is 2.27. The number of nitrogens with one attached hydrogen (secondary N) is 1. The summed E-state index contributed by atoms with van der Waals surface area (Å²) in [6, 6.07) is 5.58. The van der Waals surface area contributed by atoms with Crippen LogP contribution < -0.4 is 0 Å². The Kier molecular flexibility index (Phi) is 2.98. The third kappa shape index (κ3) is 2.33. The molecule has 1 amide bonds. The second-order valence-electron chi connectivity index (χ2n) is 5.09. The normalized spacial score (nSPS) is 23.8. The number of carbonyl (C=O) groups excluding carboxylic acids is 1. The van der Waals surface area contributed by atoms with Crippen molar-refractivity contribution in [3.8, 4) is 0 Å². The quantitative estimate of drug-likeness (QED) is 0.849. The molecule has 0 spiro atoms. The first-order valence-electron chi connectivity index (χ1n) is 6.52. The molecule has 1 fully saturated rings. The number of hydrogen-bond donors (Lipinski definition) is 1.